The van der Waals surface area contributed by atoms with Crippen LogP contribution in [0.3, 0.4) is 0 Å². The van der Waals surface area contributed by atoms with Gasteiger partial charge in [0.2, 0.25) is 0 Å². The third-order valence-electron chi connectivity index (χ3n) is 5.53. The number of carbonyl (C=O) groups excluding carboxylic acids is 2. The summed E-state index contributed by atoms with van der Waals surface area (Å²) in [4.78, 5) is 30.4. The minimum Gasteiger partial charge on any atom is -0.497 e. The van der Waals surface area contributed by atoms with Crippen LogP contribution in [-0.2, 0) is 9.59 Å². The number of imide groups is 1. The second-order valence-corrected chi connectivity index (χ2v) is 7.89. The molecular formula is C27H27N3O4. The van der Waals surface area contributed by atoms with Crippen molar-refractivity contribution in [2.75, 3.05) is 42.9 Å². The highest BCUT2D eigenvalue weighted by Gasteiger charge is 2.40. The van der Waals surface area contributed by atoms with E-state index < -0.39 is 11.8 Å². The SMILES string of the molecule is CCOc1ccccc1NC1=C(c2ccc(OC)cc2)C(=O)N(c2ccc(N(C)C)cc2)C1=O. The lowest BCUT2D eigenvalue weighted by molar-refractivity contribution is -0.120. The van der Waals surface area contributed by atoms with Crippen molar-refractivity contribution in [1.82, 2.24) is 0 Å². The van der Waals surface area contributed by atoms with Crippen LogP contribution in [0.5, 0.6) is 11.5 Å². The number of amides is 2. The molecule has 0 bridgehead atoms. The molecule has 0 radical (unpaired) electrons. The average molecular weight is 458 g/mol. The van der Waals surface area contributed by atoms with Gasteiger partial charge in [-0.15, -0.1) is 0 Å². The molecule has 1 aliphatic rings. The normalized spacial score (nSPS) is 13.4. The number of hydrogen-bond donors (Lipinski definition) is 1. The van der Waals surface area contributed by atoms with Gasteiger partial charge in [0.1, 0.15) is 17.2 Å². The molecule has 3 aromatic carbocycles. The van der Waals surface area contributed by atoms with Gasteiger partial charge in [0.15, 0.2) is 0 Å². The number of anilines is 3. The first-order valence-corrected chi connectivity index (χ1v) is 11.0. The molecule has 7 heteroatoms. The van der Waals surface area contributed by atoms with Crippen molar-refractivity contribution < 1.29 is 19.1 Å². The molecule has 7 nitrogen and oxygen atoms in total. The number of hydrogen-bond acceptors (Lipinski definition) is 6. The maximum absolute atomic E-state index is 13.6. The topological polar surface area (TPSA) is 71.1 Å². The molecule has 0 unspecified atom stereocenters. The molecule has 0 atom stereocenters. The van der Waals surface area contributed by atoms with Crippen LogP contribution < -0.4 is 24.6 Å². The molecule has 1 aliphatic heterocycles. The average Bonchev–Trinajstić information content (AvgIpc) is 3.09. The molecule has 34 heavy (non-hydrogen) atoms. The number of ether oxygens (including phenoxy) is 2. The Bertz CT molecular complexity index is 1230. The van der Waals surface area contributed by atoms with Crippen molar-refractivity contribution in [1.29, 1.82) is 0 Å². The summed E-state index contributed by atoms with van der Waals surface area (Å²) in [7, 11) is 5.44. The summed E-state index contributed by atoms with van der Waals surface area (Å²) in [6.45, 7) is 2.36. The first-order valence-electron chi connectivity index (χ1n) is 11.0. The lowest BCUT2D eigenvalue weighted by Gasteiger charge is -2.18. The van der Waals surface area contributed by atoms with E-state index in [2.05, 4.69) is 5.32 Å². The van der Waals surface area contributed by atoms with E-state index in [4.69, 9.17) is 9.47 Å². The zero-order valence-electron chi connectivity index (χ0n) is 19.7. The van der Waals surface area contributed by atoms with Crippen molar-refractivity contribution in [3.05, 3.63) is 84.1 Å². The maximum Gasteiger partial charge on any atom is 0.282 e. The number of nitrogens with zero attached hydrogens (tertiary/aromatic N) is 2. The minimum atomic E-state index is -0.431. The molecule has 0 spiro atoms. The molecule has 4 rings (SSSR count). The Balaban J connectivity index is 1.79. The first-order chi connectivity index (χ1) is 16.4. The summed E-state index contributed by atoms with van der Waals surface area (Å²) in [6.07, 6.45) is 0. The van der Waals surface area contributed by atoms with Crippen molar-refractivity contribution in [3.8, 4) is 11.5 Å². The third-order valence-corrected chi connectivity index (χ3v) is 5.53. The quantitative estimate of drug-likeness (QED) is 0.500. The summed E-state index contributed by atoms with van der Waals surface area (Å²) < 4.78 is 11.0. The van der Waals surface area contributed by atoms with Crippen molar-refractivity contribution >= 4 is 34.4 Å². The van der Waals surface area contributed by atoms with Gasteiger partial charge >= 0.3 is 0 Å². The van der Waals surface area contributed by atoms with Gasteiger partial charge < -0.3 is 19.7 Å². The van der Waals surface area contributed by atoms with Crippen LogP contribution in [0.2, 0.25) is 0 Å². The summed E-state index contributed by atoms with van der Waals surface area (Å²) in [5.74, 6) is 0.429. The van der Waals surface area contributed by atoms with E-state index >= 15 is 0 Å². The summed E-state index contributed by atoms with van der Waals surface area (Å²) in [6, 6.07) is 21.7. The fourth-order valence-electron chi connectivity index (χ4n) is 3.79. The molecule has 0 saturated carbocycles. The predicted octanol–water partition coefficient (Wildman–Crippen LogP) is 4.56. The molecule has 2 amide bonds. The van der Waals surface area contributed by atoms with Gasteiger partial charge in [0.25, 0.3) is 11.8 Å². The zero-order chi connectivity index (χ0) is 24.2. The summed E-state index contributed by atoms with van der Waals surface area (Å²) in [5, 5.41) is 3.18. The Morgan fingerprint density at radius 2 is 1.56 bits per heavy atom. The standard InChI is InChI=1S/C27H27N3O4/c1-5-34-23-9-7-6-8-22(23)28-25-24(18-10-16-21(33-4)17-11-18)26(31)30(27(25)32)20-14-12-19(13-15-20)29(2)3/h6-17,28H,5H2,1-4H3. The first kappa shape index (κ1) is 22.9. The van der Waals surface area contributed by atoms with Crippen LogP contribution in [0, 0.1) is 0 Å². The van der Waals surface area contributed by atoms with E-state index in [1.54, 1.807) is 43.5 Å². The lowest BCUT2D eigenvalue weighted by atomic mass is 10.0. The number of nitrogens with one attached hydrogen (secondary N) is 1. The van der Waals surface area contributed by atoms with E-state index in [9.17, 15) is 9.59 Å². The molecule has 0 aromatic heterocycles. The highest BCUT2D eigenvalue weighted by Crippen LogP contribution is 2.36. The largest absolute Gasteiger partial charge is 0.497 e. The van der Waals surface area contributed by atoms with Crippen LogP contribution in [-0.4, -0.2) is 39.6 Å². The van der Waals surface area contributed by atoms with Crippen molar-refractivity contribution in [3.63, 3.8) is 0 Å². The smallest absolute Gasteiger partial charge is 0.282 e. The van der Waals surface area contributed by atoms with Gasteiger partial charge in [-0.05, 0) is 61.0 Å². The Hall–Kier alpha value is -4.26. The number of methoxy groups -OCH3 is 1. The fraction of sp³-hybridized carbons (Fsp3) is 0.185. The van der Waals surface area contributed by atoms with Crippen LogP contribution in [0.15, 0.2) is 78.5 Å². The number of rotatable bonds is 8. The monoisotopic (exact) mass is 457 g/mol. The van der Waals surface area contributed by atoms with Crippen LogP contribution in [0.25, 0.3) is 5.57 Å². The predicted molar refractivity (Wildman–Crippen MR) is 134 cm³/mol. The van der Waals surface area contributed by atoms with Crippen molar-refractivity contribution in [2.45, 2.75) is 6.92 Å². The Morgan fingerprint density at radius 3 is 2.18 bits per heavy atom. The van der Waals surface area contributed by atoms with Gasteiger partial charge in [-0.3, -0.25) is 9.59 Å². The Morgan fingerprint density at radius 1 is 0.882 bits per heavy atom. The molecule has 0 aliphatic carbocycles. The van der Waals surface area contributed by atoms with Gasteiger partial charge in [0.05, 0.1) is 30.7 Å². The van der Waals surface area contributed by atoms with E-state index in [1.165, 1.54) is 4.90 Å². The molecular weight excluding hydrogens is 430 g/mol. The second-order valence-electron chi connectivity index (χ2n) is 7.89. The Labute approximate surface area is 199 Å². The van der Waals surface area contributed by atoms with Gasteiger partial charge in [0, 0.05) is 19.8 Å². The minimum absolute atomic E-state index is 0.194. The molecule has 1 N–H and O–H groups in total. The van der Waals surface area contributed by atoms with E-state index in [1.807, 2.05) is 62.3 Å². The lowest BCUT2D eigenvalue weighted by Crippen LogP contribution is -2.32. The number of benzene rings is 3. The van der Waals surface area contributed by atoms with Gasteiger partial charge in [-0.2, -0.15) is 0 Å². The van der Waals surface area contributed by atoms with E-state index in [0.717, 1.165) is 5.69 Å². The van der Waals surface area contributed by atoms with Crippen molar-refractivity contribution in [2.24, 2.45) is 0 Å². The highest BCUT2D eigenvalue weighted by molar-refractivity contribution is 6.46. The van der Waals surface area contributed by atoms with Gasteiger partial charge in [-0.25, -0.2) is 4.90 Å². The molecule has 0 saturated heterocycles. The number of carbonyl (C=O) groups is 2. The van der Waals surface area contributed by atoms with E-state index in [0.29, 0.717) is 35.0 Å². The maximum atomic E-state index is 13.6. The highest BCUT2D eigenvalue weighted by atomic mass is 16.5. The van der Waals surface area contributed by atoms with Gasteiger partial charge in [-0.1, -0.05) is 24.3 Å². The zero-order valence-corrected chi connectivity index (χ0v) is 19.7. The number of para-hydroxylation sites is 2. The fourth-order valence-corrected chi connectivity index (χ4v) is 3.79. The summed E-state index contributed by atoms with van der Waals surface area (Å²) >= 11 is 0. The molecule has 3 aromatic rings. The summed E-state index contributed by atoms with van der Waals surface area (Å²) in [5.41, 5.74) is 3.17. The molecule has 174 valence electrons. The molecule has 1 heterocycles. The Kier molecular flexibility index (Phi) is 6.54. The van der Waals surface area contributed by atoms with Crippen LogP contribution in [0.4, 0.5) is 17.1 Å². The van der Waals surface area contributed by atoms with E-state index in [-0.39, 0.29) is 11.3 Å². The molecule has 0 fully saturated rings. The third kappa shape index (κ3) is 4.32. The van der Waals surface area contributed by atoms with Crippen LogP contribution in [0.1, 0.15) is 12.5 Å². The second kappa shape index (κ2) is 9.70. The van der Waals surface area contributed by atoms with Crippen LogP contribution >= 0.6 is 0 Å².